The monoisotopic (exact) mass is 351 g/mol. The van der Waals surface area contributed by atoms with Crippen molar-refractivity contribution in [1.82, 2.24) is 4.90 Å². The number of nitrogens with zero attached hydrogens (tertiary/aromatic N) is 1. The molecule has 3 aromatic rings. The molecule has 2 heterocycles. The fourth-order valence-corrected chi connectivity index (χ4v) is 3.55. The van der Waals surface area contributed by atoms with Crippen LogP contribution in [0.25, 0.3) is 11.0 Å². The number of fused-ring (bicyclic) bond motifs is 2. The van der Waals surface area contributed by atoms with Gasteiger partial charge >= 0.3 is 5.63 Å². The molecule has 0 unspecified atom stereocenters. The van der Waals surface area contributed by atoms with Gasteiger partial charge in [0.2, 0.25) is 0 Å². The molecule has 0 aliphatic carbocycles. The van der Waals surface area contributed by atoms with Crippen molar-refractivity contribution in [2.24, 2.45) is 0 Å². The molecule has 2 aromatic carbocycles. The summed E-state index contributed by atoms with van der Waals surface area (Å²) in [6.07, 6.45) is 0. The quantitative estimate of drug-likeness (QED) is 0.672. The Morgan fingerprint density at radius 3 is 2.85 bits per heavy atom. The molecule has 5 heteroatoms. The van der Waals surface area contributed by atoms with E-state index in [2.05, 4.69) is 17.0 Å². The average molecular weight is 351 g/mol. The van der Waals surface area contributed by atoms with Gasteiger partial charge in [0, 0.05) is 35.7 Å². The molecule has 134 valence electrons. The largest absolute Gasteiger partial charge is 0.497 e. The van der Waals surface area contributed by atoms with Gasteiger partial charge in [-0.2, -0.15) is 0 Å². The zero-order valence-electron chi connectivity index (χ0n) is 15.2. The minimum absolute atomic E-state index is 0.325. The molecule has 1 aromatic heterocycles. The highest BCUT2D eigenvalue weighted by molar-refractivity contribution is 5.86. The van der Waals surface area contributed by atoms with Gasteiger partial charge in [-0.25, -0.2) is 4.79 Å². The van der Waals surface area contributed by atoms with E-state index in [1.807, 2.05) is 32.0 Å². The van der Waals surface area contributed by atoms with Crippen molar-refractivity contribution in [3.05, 3.63) is 69.1 Å². The van der Waals surface area contributed by atoms with E-state index in [9.17, 15) is 4.79 Å². The first-order valence-electron chi connectivity index (χ1n) is 8.60. The molecule has 4 rings (SSSR count). The predicted molar refractivity (Wildman–Crippen MR) is 99.7 cm³/mol. The van der Waals surface area contributed by atoms with E-state index >= 15 is 0 Å². The van der Waals surface area contributed by atoms with Crippen LogP contribution in [0.4, 0.5) is 0 Å². The Morgan fingerprint density at radius 1 is 1.19 bits per heavy atom. The van der Waals surface area contributed by atoms with Crippen LogP contribution in [0.2, 0.25) is 0 Å². The van der Waals surface area contributed by atoms with Crippen molar-refractivity contribution in [3.8, 4) is 11.5 Å². The number of rotatable bonds is 3. The van der Waals surface area contributed by atoms with Crippen molar-refractivity contribution in [1.29, 1.82) is 0 Å². The summed E-state index contributed by atoms with van der Waals surface area (Å²) in [5, 5.41) is 0.965. The van der Waals surface area contributed by atoms with Crippen molar-refractivity contribution < 1.29 is 13.9 Å². The van der Waals surface area contributed by atoms with Crippen molar-refractivity contribution in [2.75, 3.05) is 13.8 Å². The van der Waals surface area contributed by atoms with Crippen LogP contribution in [0, 0.1) is 13.8 Å². The van der Waals surface area contributed by atoms with Gasteiger partial charge in [0.25, 0.3) is 0 Å². The van der Waals surface area contributed by atoms with E-state index in [1.54, 1.807) is 7.11 Å². The van der Waals surface area contributed by atoms with Gasteiger partial charge in [-0.1, -0.05) is 12.1 Å². The summed E-state index contributed by atoms with van der Waals surface area (Å²) in [6, 6.07) is 11.7. The van der Waals surface area contributed by atoms with Crippen molar-refractivity contribution in [2.45, 2.75) is 26.9 Å². The summed E-state index contributed by atoms with van der Waals surface area (Å²) in [4.78, 5) is 13.9. The second-order valence-corrected chi connectivity index (χ2v) is 6.73. The third-order valence-corrected chi connectivity index (χ3v) is 4.82. The van der Waals surface area contributed by atoms with Gasteiger partial charge in [0.05, 0.1) is 7.11 Å². The maximum atomic E-state index is 11.7. The first-order valence-corrected chi connectivity index (χ1v) is 8.60. The summed E-state index contributed by atoms with van der Waals surface area (Å²) >= 11 is 0. The molecule has 0 N–H and O–H groups in total. The van der Waals surface area contributed by atoms with E-state index in [0.29, 0.717) is 12.3 Å². The second kappa shape index (κ2) is 6.50. The Kier molecular flexibility index (Phi) is 4.17. The van der Waals surface area contributed by atoms with Gasteiger partial charge in [-0.15, -0.1) is 0 Å². The number of hydrogen-bond acceptors (Lipinski definition) is 5. The first-order chi connectivity index (χ1) is 12.5. The normalized spacial score (nSPS) is 14.1. The van der Waals surface area contributed by atoms with Crippen molar-refractivity contribution in [3.63, 3.8) is 0 Å². The lowest BCUT2D eigenvalue weighted by Gasteiger charge is -2.30. The minimum atomic E-state index is -0.325. The average Bonchev–Trinajstić information content (AvgIpc) is 2.63. The highest BCUT2D eigenvalue weighted by atomic mass is 16.5. The maximum absolute atomic E-state index is 11.7. The lowest BCUT2D eigenvalue weighted by Crippen LogP contribution is -2.32. The lowest BCUT2D eigenvalue weighted by atomic mass is 10.0. The Labute approximate surface area is 151 Å². The van der Waals surface area contributed by atoms with Crippen LogP contribution in [0.15, 0.2) is 45.6 Å². The Balaban J connectivity index is 1.67. The molecule has 5 nitrogen and oxygen atoms in total. The Morgan fingerprint density at radius 2 is 2.04 bits per heavy atom. The van der Waals surface area contributed by atoms with Crippen LogP contribution in [0.5, 0.6) is 11.5 Å². The van der Waals surface area contributed by atoms with Crippen LogP contribution in [-0.4, -0.2) is 18.7 Å². The topological polar surface area (TPSA) is 51.9 Å². The molecule has 0 fully saturated rings. The molecule has 0 atom stereocenters. The number of benzene rings is 2. The molecule has 0 bridgehead atoms. The van der Waals surface area contributed by atoms with E-state index in [1.165, 1.54) is 11.6 Å². The third kappa shape index (κ3) is 2.95. The summed E-state index contributed by atoms with van der Waals surface area (Å²) in [7, 11) is 1.67. The van der Waals surface area contributed by atoms with Gasteiger partial charge in [0.1, 0.15) is 23.8 Å². The number of hydrogen-bond donors (Lipinski definition) is 0. The van der Waals surface area contributed by atoms with Crippen molar-refractivity contribution >= 4 is 11.0 Å². The lowest BCUT2D eigenvalue weighted by molar-refractivity contribution is 0.0880. The molecule has 0 radical (unpaired) electrons. The molecule has 1 aliphatic heterocycles. The molecule has 0 saturated carbocycles. The SMILES string of the molecule is COc1cccc(CN2COc3c(cc4c(C)cc(=O)oc4c3C)C2)c1. The highest BCUT2D eigenvalue weighted by Gasteiger charge is 2.22. The van der Waals surface area contributed by atoms with Gasteiger partial charge in [-0.3, -0.25) is 4.90 Å². The standard InChI is InChI=1S/C21H21NO4/c1-13-7-19(23)26-21-14(2)20-16(9-18(13)21)11-22(12-25-20)10-15-5-4-6-17(8-15)24-3/h4-9H,10-12H2,1-3H3. The summed E-state index contributed by atoms with van der Waals surface area (Å²) in [5.41, 5.74) is 4.40. The predicted octanol–water partition coefficient (Wildman–Crippen LogP) is 3.77. The first kappa shape index (κ1) is 16.7. The molecule has 0 spiro atoms. The summed E-state index contributed by atoms with van der Waals surface area (Å²) in [5.74, 6) is 1.68. The van der Waals surface area contributed by atoms with Crippen LogP contribution in [0.3, 0.4) is 0 Å². The Hall–Kier alpha value is -2.79. The molecule has 0 amide bonds. The smallest absolute Gasteiger partial charge is 0.336 e. The summed E-state index contributed by atoms with van der Waals surface area (Å²) in [6.45, 7) is 5.93. The van der Waals surface area contributed by atoms with Gasteiger partial charge < -0.3 is 13.9 Å². The minimum Gasteiger partial charge on any atom is -0.497 e. The zero-order valence-corrected chi connectivity index (χ0v) is 15.2. The Bertz CT molecular complexity index is 1040. The van der Waals surface area contributed by atoms with Gasteiger partial charge in [-0.05, 0) is 43.2 Å². The molecule has 1 aliphatic rings. The summed E-state index contributed by atoms with van der Waals surface area (Å²) < 4.78 is 16.7. The number of ether oxygens (including phenoxy) is 2. The highest BCUT2D eigenvalue weighted by Crippen LogP contribution is 2.35. The molecular weight excluding hydrogens is 330 g/mol. The maximum Gasteiger partial charge on any atom is 0.336 e. The number of methoxy groups -OCH3 is 1. The van der Waals surface area contributed by atoms with E-state index in [4.69, 9.17) is 13.9 Å². The zero-order chi connectivity index (χ0) is 18.3. The van der Waals surface area contributed by atoms with Crippen LogP contribution < -0.4 is 15.1 Å². The fourth-order valence-electron chi connectivity index (χ4n) is 3.55. The van der Waals surface area contributed by atoms with Crippen LogP contribution in [0.1, 0.15) is 22.3 Å². The molecule has 26 heavy (non-hydrogen) atoms. The third-order valence-electron chi connectivity index (χ3n) is 4.82. The molecular formula is C21H21NO4. The number of aryl methyl sites for hydroxylation is 2. The van der Waals surface area contributed by atoms with E-state index < -0.39 is 0 Å². The molecule has 0 saturated heterocycles. The van der Waals surface area contributed by atoms with Gasteiger partial charge in [0.15, 0.2) is 0 Å². The van der Waals surface area contributed by atoms with Crippen LogP contribution in [-0.2, 0) is 13.1 Å². The second-order valence-electron chi connectivity index (χ2n) is 6.73. The van der Waals surface area contributed by atoms with E-state index in [0.717, 1.165) is 46.7 Å². The van der Waals surface area contributed by atoms with Crippen LogP contribution >= 0.6 is 0 Å². The fraction of sp³-hybridized carbons (Fsp3) is 0.286. The van der Waals surface area contributed by atoms with E-state index in [-0.39, 0.29) is 5.63 Å².